The van der Waals surface area contributed by atoms with Crippen molar-refractivity contribution in [2.24, 2.45) is 0 Å². The van der Waals surface area contributed by atoms with E-state index < -0.39 is 5.97 Å². The van der Waals surface area contributed by atoms with Gasteiger partial charge in [-0.2, -0.15) is 0 Å². The number of benzene rings is 2. The van der Waals surface area contributed by atoms with Crippen molar-refractivity contribution in [1.82, 2.24) is 4.90 Å². The molecule has 0 spiro atoms. The average Bonchev–Trinajstić information content (AvgIpc) is 3.30. The predicted octanol–water partition coefficient (Wildman–Crippen LogP) is 5.66. The summed E-state index contributed by atoms with van der Waals surface area (Å²) in [6, 6.07) is 16.1. The number of aromatic carboxylic acids is 1. The maximum Gasteiger partial charge on any atom is 0.335 e. The van der Waals surface area contributed by atoms with Gasteiger partial charge >= 0.3 is 5.97 Å². The molecule has 7 heteroatoms. The second kappa shape index (κ2) is 8.53. The van der Waals surface area contributed by atoms with Gasteiger partial charge in [-0.05, 0) is 49.2 Å². The molecule has 156 valence electrons. The summed E-state index contributed by atoms with van der Waals surface area (Å²) in [7, 11) is 0. The Bertz CT molecular complexity index is 1220. The van der Waals surface area contributed by atoms with Crippen LogP contribution in [0.25, 0.3) is 17.4 Å². The second-order valence-corrected chi connectivity index (χ2v) is 8.96. The van der Waals surface area contributed by atoms with Crippen LogP contribution in [0.15, 0.2) is 63.9 Å². The Balaban J connectivity index is 1.52. The minimum Gasteiger partial charge on any atom is -0.478 e. The van der Waals surface area contributed by atoms with Crippen LogP contribution in [0.3, 0.4) is 0 Å². The molecule has 4 rings (SSSR count). The van der Waals surface area contributed by atoms with Crippen LogP contribution < -0.4 is 0 Å². The third kappa shape index (κ3) is 4.47. The smallest absolute Gasteiger partial charge is 0.335 e. The number of carboxylic acids is 1. The van der Waals surface area contributed by atoms with E-state index in [1.165, 1.54) is 29.5 Å². The topological polar surface area (TPSA) is 70.8 Å². The number of furan rings is 1. The van der Waals surface area contributed by atoms with Gasteiger partial charge in [-0.3, -0.25) is 9.69 Å². The molecule has 1 aliphatic heterocycles. The number of aryl methyl sites for hydroxylation is 2. The average molecular weight is 450 g/mol. The minimum atomic E-state index is -0.977. The molecule has 0 aliphatic carbocycles. The molecule has 3 aromatic rings. The van der Waals surface area contributed by atoms with Crippen LogP contribution in [0.2, 0.25) is 0 Å². The van der Waals surface area contributed by atoms with Crippen molar-refractivity contribution in [3.63, 3.8) is 0 Å². The molecule has 0 saturated carbocycles. The van der Waals surface area contributed by atoms with Gasteiger partial charge in [0.15, 0.2) is 0 Å². The molecule has 31 heavy (non-hydrogen) atoms. The largest absolute Gasteiger partial charge is 0.478 e. The Hall–Kier alpha value is -3.16. The van der Waals surface area contributed by atoms with E-state index in [0.29, 0.717) is 27.3 Å². The van der Waals surface area contributed by atoms with Crippen molar-refractivity contribution in [2.75, 3.05) is 0 Å². The van der Waals surface area contributed by atoms with Crippen molar-refractivity contribution >= 4 is 46.3 Å². The lowest BCUT2D eigenvalue weighted by Gasteiger charge is -2.16. The van der Waals surface area contributed by atoms with Crippen LogP contribution >= 0.6 is 24.0 Å². The summed E-state index contributed by atoms with van der Waals surface area (Å²) in [5.41, 5.74) is 4.34. The van der Waals surface area contributed by atoms with Gasteiger partial charge in [0.1, 0.15) is 15.8 Å². The molecular weight excluding hydrogens is 430 g/mol. The Morgan fingerprint density at radius 3 is 2.55 bits per heavy atom. The van der Waals surface area contributed by atoms with Crippen molar-refractivity contribution in [1.29, 1.82) is 0 Å². The maximum absolute atomic E-state index is 12.9. The monoisotopic (exact) mass is 449 g/mol. The van der Waals surface area contributed by atoms with E-state index in [9.17, 15) is 9.59 Å². The van der Waals surface area contributed by atoms with Crippen molar-refractivity contribution in [3.8, 4) is 11.3 Å². The van der Waals surface area contributed by atoms with Gasteiger partial charge in [0.05, 0.1) is 17.0 Å². The van der Waals surface area contributed by atoms with Crippen molar-refractivity contribution in [3.05, 3.63) is 87.5 Å². The molecule has 0 radical (unpaired) electrons. The van der Waals surface area contributed by atoms with Gasteiger partial charge in [0.2, 0.25) is 0 Å². The molecule has 2 aromatic carbocycles. The lowest BCUT2D eigenvalue weighted by molar-refractivity contribution is -0.122. The van der Waals surface area contributed by atoms with Crippen LogP contribution in [0.4, 0.5) is 0 Å². The Morgan fingerprint density at radius 2 is 1.87 bits per heavy atom. The fourth-order valence-corrected chi connectivity index (χ4v) is 4.56. The van der Waals surface area contributed by atoms with Gasteiger partial charge in [-0.25, -0.2) is 4.79 Å². The van der Waals surface area contributed by atoms with E-state index >= 15 is 0 Å². The number of rotatable bonds is 5. The van der Waals surface area contributed by atoms with Gasteiger partial charge in [0.25, 0.3) is 5.91 Å². The number of nitrogens with zero attached hydrogens (tertiary/aromatic N) is 1. The summed E-state index contributed by atoms with van der Waals surface area (Å²) in [5, 5.41) is 9.02. The van der Waals surface area contributed by atoms with E-state index in [1.54, 1.807) is 35.2 Å². The predicted molar refractivity (Wildman–Crippen MR) is 126 cm³/mol. The Morgan fingerprint density at radius 1 is 1.13 bits per heavy atom. The fraction of sp³-hybridized carbons (Fsp3) is 0.125. The minimum absolute atomic E-state index is 0.140. The number of thiocarbonyl (C=S) groups is 1. The van der Waals surface area contributed by atoms with E-state index in [0.717, 1.165) is 16.7 Å². The van der Waals surface area contributed by atoms with Crippen LogP contribution in [-0.2, 0) is 11.3 Å². The number of carbonyl (C=O) groups is 2. The molecule has 1 amide bonds. The number of hydrogen-bond acceptors (Lipinski definition) is 5. The zero-order chi connectivity index (χ0) is 22.1. The molecule has 2 heterocycles. The highest BCUT2D eigenvalue weighted by Gasteiger charge is 2.32. The summed E-state index contributed by atoms with van der Waals surface area (Å²) in [6.45, 7) is 4.51. The highest BCUT2D eigenvalue weighted by atomic mass is 32.2. The first-order valence-electron chi connectivity index (χ1n) is 9.57. The first kappa shape index (κ1) is 21.1. The molecule has 0 atom stereocenters. The standard InChI is InChI=1S/C24H19NO4S2/c1-14-3-4-18(15(2)11-14)13-25-22(26)21(31-24(25)30)12-19-9-10-20(29-19)16-5-7-17(8-6-16)23(27)28/h3-12H,13H2,1-2H3,(H,27,28)/b21-12-. The first-order chi connectivity index (χ1) is 14.8. The van der Waals surface area contributed by atoms with Crippen molar-refractivity contribution in [2.45, 2.75) is 20.4 Å². The Kier molecular flexibility index (Phi) is 5.80. The second-order valence-electron chi connectivity index (χ2n) is 7.28. The van der Waals surface area contributed by atoms with Gasteiger partial charge in [-0.1, -0.05) is 59.9 Å². The summed E-state index contributed by atoms with van der Waals surface area (Å²) >= 11 is 6.70. The van der Waals surface area contributed by atoms with E-state index in [2.05, 4.69) is 6.07 Å². The third-order valence-corrected chi connectivity index (χ3v) is 6.39. The van der Waals surface area contributed by atoms with Crippen LogP contribution in [0.1, 0.15) is 32.8 Å². The van der Waals surface area contributed by atoms with Gasteiger partial charge < -0.3 is 9.52 Å². The zero-order valence-electron chi connectivity index (χ0n) is 16.9. The number of thioether (sulfide) groups is 1. The summed E-state index contributed by atoms with van der Waals surface area (Å²) in [6.07, 6.45) is 1.69. The van der Waals surface area contributed by atoms with Crippen LogP contribution in [0.5, 0.6) is 0 Å². The molecule has 1 N–H and O–H groups in total. The zero-order valence-corrected chi connectivity index (χ0v) is 18.5. The fourth-order valence-electron chi connectivity index (χ4n) is 3.32. The van der Waals surface area contributed by atoms with E-state index in [4.69, 9.17) is 21.7 Å². The van der Waals surface area contributed by atoms with Crippen molar-refractivity contribution < 1.29 is 19.1 Å². The van der Waals surface area contributed by atoms with Gasteiger partial charge in [0, 0.05) is 11.6 Å². The molecule has 1 aromatic heterocycles. The SMILES string of the molecule is Cc1ccc(CN2C(=O)/C(=C/c3ccc(-c4ccc(C(=O)O)cc4)o3)SC2=S)c(C)c1. The molecule has 5 nitrogen and oxygen atoms in total. The maximum atomic E-state index is 12.9. The van der Waals surface area contributed by atoms with Crippen LogP contribution in [0, 0.1) is 13.8 Å². The third-order valence-electron chi connectivity index (χ3n) is 5.02. The summed E-state index contributed by atoms with van der Waals surface area (Å²) in [4.78, 5) is 26.1. The quantitative estimate of drug-likeness (QED) is 0.400. The highest BCUT2D eigenvalue weighted by molar-refractivity contribution is 8.26. The lowest BCUT2D eigenvalue weighted by atomic mass is 10.1. The summed E-state index contributed by atoms with van der Waals surface area (Å²) < 4.78 is 6.37. The summed E-state index contributed by atoms with van der Waals surface area (Å²) in [5.74, 6) is 0.00607. The van der Waals surface area contributed by atoms with E-state index in [-0.39, 0.29) is 11.5 Å². The normalized spacial score (nSPS) is 15.2. The van der Waals surface area contributed by atoms with E-state index in [1.807, 2.05) is 26.0 Å². The highest BCUT2D eigenvalue weighted by Crippen LogP contribution is 2.35. The molecular formula is C24H19NO4S2. The molecule has 1 fully saturated rings. The first-order valence-corrected chi connectivity index (χ1v) is 10.8. The molecule has 0 bridgehead atoms. The molecule has 1 saturated heterocycles. The van der Waals surface area contributed by atoms with Crippen LogP contribution in [-0.4, -0.2) is 26.2 Å². The lowest BCUT2D eigenvalue weighted by Crippen LogP contribution is -2.27. The van der Waals surface area contributed by atoms with Gasteiger partial charge in [-0.15, -0.1) is 0 Å². The molecule has 1 aliphatic rings. The number of amides is 1. The Labute approximate surface area is 189 Å². The number of carboxylic acid groups (broad SMARTS) is 1. The number of carbonyl (C=O) groups excluding carboxylic acids is 1. The molecule has 0 unspecified atom stereocenters. The number of hydrogen-bond donors (Lipinski definition) is 1.